The molecule has 18 heavy (non-hydrogen) atoms. The number of piperazine rings is 1. The first-order valence-electron chi connectivity index (χ1n) is 6.48. The first-order chi connectivity index (χ1) is 8.35. The zero-order valence-electron chi connectivity index (χ0n) is 11.9. The highest BCUT2D eigenvalue weighted by Crippen LogP contribution is 2.08. The number of rotatable bonds is 6. The number of nitrogens with zero attached hydrogens (tertiary/aromatic N) is 3. The first kappa shape index (κ1) is 15.8. The number of nitrogens with one attached hydrogen (secondary N) is 1. The van der Waals surface area contributed by atoms with Crippen LogP contribution in [0.2, 0.25) is 0 Å². The highest BCUT2D eigenvalue weighted by Gasteiger charge is 2.25. The van der Waals surface area contributed by atoms with Gasteiger partial charge in [0, 0.05) is 59.4 Å². The van der Waals surface area contributed by atoms with Crippen molar-refractivity contribution in [3.05, 3.63) is 0 Å². The van der Waals surface area contributed by atoms with Gasteiger partial charge in [0.05, 0.1) is 0 Å². The molecule has 0 saturated carbocycles. The van der Waals surface area contributed by atoms with Gasteiger partial charge in [-0.2, -0.15) is 17.0 Å². The fourth-order valence-corrected chi connectivity index (χ4v) is 3.10. The van der Waals surface area contributed by atoms with Gasteiger partial charge in [0.25, 0.3) is 10.2 Å². The summed E-state index contributed by atoms with van der Waals surface area (Å²) in [6.07, 6.45) is 0. The third-order valence-electron chi connectivity index (χ3n) is 3.43. The molecule has 1 aliphatic rings. The lowest BCUT2D eigenvalue weighted by molar-refractivity contribution is 0.226. The molecule has 1 N–H and O–H groups in total. The van der Waals surface area contributed by atoms with Crippen molar-refractivity contribution in [1.29, 1.82) is 0 Å². The second kappa shape index (κ2) is 6.81. The van der Waals surface area contributed by atoms with E-state index in [2.05, 4.69) is 10.2 Å². The van der Waals surface area contributed by atoms with Crippen molar-refractivity contribution >= 4 is 10.2 Å². The molecule has 1 aliphatic heterocycles. The summed E-state index contributed by atoms with van der Waals surface area (Å²) >= 11 is 0. The van der Waals surface area contributed by atoms with Crippen molar-refractivity contribution in [3.8, 4) is 0 Å². The van der Waals surface area contributed by atoms with Gasteiger partial charge in [-0.05, 0) is 13.8 Å². The van der Waals surface area contributed by atoms with Crippen molar-refractivity contribution in [2.24, 2.45) is 0 Å². The van der Waals surface area contributed by atoms with Crippen LogP contribution in [0.5, 0.6) is 0 Å². The van der Waals surface area contributed by atoms with Crippen LogP contribution in [0.15, 0.2) is 0 Å². The summed E-state index contributed by atoms with van der Waals surface area (Å²) in [4.78, 5) is 2.29. The van der Waals surface area contributed by atoms with Crippen LogP contribution in [0.4, 0.5) is 0 Å². The maximum absolute atomic E-state index is 12.2. The molecule has 7 heteroatoms. The van der Waals surface area contributed by atoms with E-state index >= 15 is 0 Å². The van der Waals surface area contributed by atoms with Gasteiger partial charge < -0.3 is 5.32 Å². The summed E-state index contributed by atoms with van der Waals surface area (Å²) in [6.45, 7) is 9.05. The van der Waals surface area contributed by atoms with Crippen molar-refractivity contribution in [1.82, 2.24) is 18.8 Å². The van der Waals surface area contributed by atoms with Crippen LogP contribution in [0.1, 0.15) is 13.8 Å². The highest BCUT2D eigenvalue weighted by atomic mass is 32.2. The third kappa shape index (κ3) is 4.17. The Hall–Kier alpha value is -0.210. The zero-order valence-corrected chi connectivity index (χ0v) is 12.7. The van der Waals surface area contributed by atoms with Gasteiger partial charge in [-0.25, -0.2) is 0 Å². The monoisotopic (exact) mass is 278 g/mol. The summed E-state index contributed by atoms with van der Waals surface area (Å²) in [5.74, 6) is 0. The van der Waals surface area contributed by atoms with Crippen molar-refractivity contribution in [2.45, 2.75) is 19.9 Å². The Morgan fingerprint density at radius 1 is 1.22 bits per heavy atom. The zero-order chi connectivity index (χ0) is 13.8. The SMILES string of the molecule is CC(C)N(C)S(=O)(=O)N(C)CCN1CCNCC1. The van der Waals surface area contributed by atoms with Crippen LogP contribution in [0, 0.1) is 0 Å². The lowest BCUT2D eigenvalue weighted by Crippen LogP contribution is -2.48. The molecule has 0 unspecified atom stereocenters. The number of hydrogen-bond donors (Lipinski definition) is 1. The summed E-state index contributed by atoms with van der Waals surface area (Å²) in [5.41, 5.74) is 0. The predicted molar refractivity (Wildman–Crippen MR) is 73.8 cm³/mol. The van der Waals surface area contributed by atoms with Crippen molar-refractivity contribution in [3.63, 3.8) is 0 Å². The molecule has 1 rings (SSSR count). The van der Waals surface area contributed by atoms with Gasteiger partial charge in [0.1, 0.15) is 0 Å². The second-order valence-electron chi connectivity index (χ2n) is 5.03. The Labute approximate surface area is 111 Å². The molecule has 0 amide bonds. The quantitative estimate of drug-likeness (QED) is 0.705. The van der Waals surface area contributed by atoms with Gasteiger partial charge in [-0.1, -0.05) is 0 Å². The topological polar surface area (TPSA) is 55.9 Å². The van der Waals surface area contributed by atoms with Crippen LogP contribution < -0.4 is 5.32 Å². The normalized spacial score (nSPS) is 19.1. The van der Waals surface area contributed by atoms with E-state index in [0.29, 0.717) is 6.54 Å². The average Bonchev–Trinajstić information content (AvgIpc) is 2.35. The Balaban J connectivity index is 2.46. The van der Waals surface area contributed by atoms with Crippen LogP contribution >= 0.6 is 0 Å². The minimum atomic E-state index is -3.31. The average molecular weight is 278 g/mol. The maximum Gasteiger partial charge on any atom is 0.281 e. The lowest BCUT2D eigenvalue weighted by Gasteiger charge is -2.31. The molecule has 1 saturated heterocycles. The fraction of sp³-hybridized carbons (Fsp3) is 1.00. The van der Waals surface area contributed by atoms with Gasteiger partial charge in [-0.15, -0.1) is 0 Å². The second-order valence-corrected chi connectivity index (χ2v) is 7.13. The van der Waals surface area contributed by atoms with Crippen LogP contribution in [0.25, 0.3) is 0 Å². The van der Waals surface area contributed by atoms with E-state index < -0.39 is 10.2 Å². The molecule has 0 aromatic heterocycles. The van der Waals surface area contributed by atoms with E-state index in [1.54, 1.807) is 14.1 Å². The minimum absolute atomic E-state index is 0.0170. The molecule has 1 heterocycles. The molecule has 0 radical (unpaired) electrons. The molecule has 0 spiro atoms. The summed E-state index contributed by atoms with van der Waals surface area (Å²) < 4.78 is 27.2. The lowest BCUT2D eigenvalue weighted by atomic mass is 10.3. The Bertz CT molecular complexity index is 339. The molecule has 0 aromatic rings. The van der Waals surface area contributed by atoms with Crippen LogP contribution in [-0.2, 0) is 10.2 Å². The molecule has 0 atom stereocenters. The predicted octanol–water partition coefficient (Wildman–Crippen LogP) is -0.592. The molecule has 0 bridgehead atoms. The first-order valence-corrected chi connectivity index (χ1v) is 7.87. The summed E-state index contributed by atoms with van der Waals surface area (Å²) in [7, 11) is -0.0392. The molecular weight excluding hydrogens is 252 g/mol. The Morgan fingerprint density at radius 3 is 2.28 bits per heavy atom. The van der Waals surface area contributed by atoms with Crippen LogP contribution in [-0.4, -0.2) is 81.3 Å². The van der Waals surface area contributed by atoms with Gasteiger partial charge >= 0.3 is 0 Å². The summed E-state index contributed by atoms with van der Waals surface area (Å²) in [5, 5.41) is 3.28. The van der Waals surface area contributed by atoms with Gasteiger partial charge in [-0.3, -0.25) is 4.90 Å². The highest BCUT2D eigenvalue weighted by molar-refractivity contribution is 7.86. The number of hydrogen-bond acceptors (Lipinski definition) is 4. The van der Waals surface area contributed by atoms with E-state index in [9.17, 15) is 8.42 Å². The molecule has 1 fully saturated rings. The van der Waals surface area contributed by atoms with Crippen molar-refractivity contribution < 1.29 is 8.42 Å². The van der Waals surface area contributed by atoms with E-state index in [4.69, 9.17) is 0 Å². The largest absolute Gasteiger partial charge is 0.314 e. The van der Waals surface area contributed by atoms with E-state index in [1.165, 1.54) is 8.61 Å². The minimum Gasteiger partial charge on any atom is -0.314 e. The van der Waals surface area contributed by atoms with E-state index in [1.807, 2.05) is 13.8 Å². The van der Waals surface area contributed by atoms with E-state index in [-0.39, 0.29) is 6.04 Å². The third-order valence-corrected chi connectivity index (χ3v) is 5.55. The van der Waals surface area contributed by atoms with E-state index in [0.717, 1.165) is 32.7 Å². The van der Waals surface area contributed by atoms with Crippen LogP contribution in [0.3, 0.4) is 0 Å². The van der Waals surface area contributed by atoms with Crippen molar-refractivity contribution in [2.75, 3.05) is 53.4 Å². The molecule has 108 valence electrons. The van der Waals surface area contributed by atoms with Gasteiger partial charge in [0.2, 0.25) is 0 Å². The molecule has 0 aromatic carbocycles. The Morgan fingerprint density at radius 2 is 1.78 bits per heavy atom. The standard InChI is InChI=1S/C11H26N4O2S/c1-11(2)14(4)18(16,17)13(3)9-10-15-7-5-12-6-8-15/h11-12H,5-10H2,1-4H3. The molecular formula is C11H26N4O2S. The Kier molecular flexibility index (Phi) is 6.00. The summed E-state index contributed by atoms with van der Waals surface area (Å²) in [6, 6.07) is -0.0170. The number of likely N-dealkylation sites (N-methyl/N-ethyl adjacent to an activating group) is 1. The molecule has 0 aliphatic carbocycles. The molecule has 6 nitrogen and oxygen atoms in total. The van der Waals surface area contributed by atoms with Gasteiger partial charge in [0.15, 0.2) is 0 Å². The maximum atomic E-state index is 12.2. The fourth-order valence-electron chi connectivity index (χ4n) is 1.82. The smallest absolute Gasteiger partial charge is 0.281 e.